The summed E-state index contributed by atoms with van der Waals surface area (Å²) >= 11 is 0. The van der Waals surface area contributed by atoms with E-state index in [0.29, 0.717) is 6.42 Å². The number of hydrogen-bond donors (Lipinski definition) is 0. The number of carbonyl (C=O) groups excluding carboxylic acids is 1. The standard InChI is InChI=1S/C19H21N3O6S/c1-13-10-14-6-4-5-7-16(14)21(13)19(23)12-20(29(3,26)27)17-11-15(22(24)25)8-9-18(17)28-2/h4-9,11,13H,10,12H2,1-3H3/t13-/m1/s1. The SMILES string of the molecule is COc1ccc([N+](=O)[O-])cc1N(CC(=O)N1c2ccccc2C[C@H]1C)S(C)(=O)=O. The van der Waals surface area contributed by atoms with Crippen molar-refractivity contribution in [3.8, 4) is 5.75 Å². The number of rotatable bonds is 6. The third-order valence-electron chi connectivity index (χ3n) is 4.80. The summed E-state index contributed by atoms with van der Waals surface area (Å²) in [5.41, 5.74) is 1.39. The van der Waals surface area contributed by atoms with Gasteiger partial charge in [0.15, 0.2) is 0 Å². The van der Waals surface area contributed by atoms with E-state index in [1.807, 2.05) is 31.2 Å². The van der Waals surface area contributed by atoms with Crippen LogP contribution in [0.2, 0.25) is 0 Å². The van der Waals surface area contributed by atoms with Crippen molar-refractivity contribution in [2.24, 2.45) is 0 Å². The van der Waals surface area contributed by atoms with Crippen LogP contribution in [-0.4, -0.2) is 45.2 Å². The van der Waals surface area contributed by atoms with Crippen molar-refractivity contribution in [3.63, 3.8) is 0 Å². The molecule has 9 nitrogen and oxygen atoms in total. The molecule has 0 aliphatic carbocycles. The van der Waals surface area contributed by atoms with Crippen LogP contribution in [0.3, 0.4) is 0 Å². The maximum atomic E-state index is 13.1. The molecule has 0 unspecified atom stereocenters. The van der Waals surface area contributed by atoms with Crippen LogP contribution in [0, 0.1) is 10.1 Å². The number of nitro benzene ring substituents is 1. The highest BCUT2D eigenvalue weighted by molar-refractivity contribution is 7.92. The Kier molecular flexibility index (Phi) is 5.47. The van der Waals surface area contributed by atoms with Gasteiger partial charge in [0.1, 0.15) is 18.0 Å². The van der Waals surface area contributed by atoms with Gasteiger partial charge in [-0.25, -0.2) is 8.42 Å². The van der Waals surface area contributed by atoms with E-state index >= 15 is 0 Å². The number of benzene rings is 2. The van der Waals surface area contributed by atoms with Crippen LogP contribution in [0.4, 0.5) is 17.1 Å². The van der Waals surface area contributed by atoms with Gasteiger partial charge in [-0.05, 0) is 31.0 Å². The van der Waals surface area contributed by atoms with Gasteiger partial charge in [0.25, 0.3) is 5.69 Å². The number of anilines is 2. The Balaban J connectivity index is 2.01. The minimum atomic E-state index is -3.93. The van der Waals surface area contributed by atoms with Gasteiger partial charge >= 0.3 is 0 Å². The molecule has 1 aliphatic rings. The first-order chi connectivity index (χ1) is 13.6. The van der Waals surface area contributed by atoms with E-state index in [4.69, 9.17) is 4.74 Å². The fourth-order valence-electron chi connectivity index (χ4n) is 3.51. The molecule has 0 aromatic heterocycles. The summed E-state index contributed by atoms with van der Waals surface area (Å²) < 4.78 is 31.0. The number of carbonyl (C=O) groups is 1. The summed E-state index contributed by atoms with van der Waals surface area (Å²) in [6, 6.07) is 10.9. The fraction of sp³-hybridized carbons (Fsp3) is 0.316. The van der Waals surface area contributed by atoms with Gasteiger partial charge in [0.2, 0.25) is 15.9 Å². The first-order valence-corrected chi connectivity index (χ1v) is 10.7. The highest BCUT2D eigenvalue weighted by atomic mass is 32.2. The molecule has 29 heavy (non-hydrogen) atoms. The van der Waals surface area contributed by atoms with Gasteiger partial charge in [0, 0.05) is 23.9 Å². The zero-order valence-electron chi connectivity index (χ0n) is 16.2. The highest BCUT2D eigenvalue weighted by Gasteiger charge is 2.34. The summed E-state index contributed by atoms with van der Waals surface area (Å²) in [5, 5.41) is 11.2. The predicted molar refractivity (Wildman–Crippen MR) is 109 cm³/mol. The van der Waals surface area contributed by atoms with Gasteiger partial charge in [-0.15, -0.1) is 0 Å². The molecule has 0 radical (unpaired) electrons. The second-order valence-corrected chi connectivity index (χ2v) is 8.74. The van der Waals surface area contributed by atoms with E-state index in [2.05, 4.69) is 0 Å². The molecule has 1 heterocycles. The van der Waals surface area contributed by atoms with E-state index in [-0.39, 0.29) is 23.2 Å². The lowest BCUT2D eigenvalue weighted by atomic mass is 10.1. The third kappa shape index (κ3) is 4.02. The third-order valence-corrected chi connectivity index (χ3v) is 5.92. The number of amides is 1. The number of nitro groups is 1. The number of fused-ring (bicyclic) bond motifs is 1. The highest BCUT2D eigenvalue weighted by Crippen LogP contribution is 2.35. The molecule has 2 aromatic rings. The van der Waals surface area contributed by atoms with Crippen LogP contribution in [0.25, 0.3) is 0 Å². The molecule has 0 saturated carbocycles. The van der Waals surface area contributed by atoms with Crippen molar-refractivity contribution in [2.75, 3.05) is 29.1 Å². The molecule has 1 aliphatic heterocycles. The monoisotopic (exact) mass is 419 g/mol. The number of non-ortho nitro benzene ring substituents is 1. The quantitative estimate of drug-likeness (QED) is 0.525. The number of nitrogens with zero attached hydrogens (tertiary/aromatic N) is 3. The minimum absolute atomic E-state index is 0.0577. The Labute approximate surface area is 168 Å². The molecule has 10 heteroatoms. The van der Waals surface area contributed by atoms with Crippen LogP contribution in [0.5, 0.6) is 5.75 Å². The van der Waals surface area contributed by atoms with Crippen molar-refractivity contribution in [2.45, 2.75) is 19.4 Å². The van der Waals surface area contributed by atoms with E-state index in [1.54, 1.807) is 4.90 Å². The van der Waals surface area contributed by atoms with Crippen LogP contribution < -0.4 is 13.9 Å². The van der Waals surface area contributed by atoms with Crippen molar-refractivity contribution in [3.05, 3.63) is 58.1 Å². The lowest BCUT2D eigenvalue weighted by Crippen LogP contribution is -2.45. The van der Waals surface area contributed by atoms with Crippen molar-refractivity contribution in [1.29, 1.82) is 0 Å². The molecule has 2 aromatic carbocycles. The molecule has 0 bridgehead atoms. The van der Waals surface area contributed by atoms with Crippen LogP contribution in [0.1, 0.15) is 12.5 Å². The zero-order valence-corrected chi connectivity index (χ0v) is 17.0. The second kappa shape index (κ2) is 7.70. The van der Waals surface area contributed by atoms with Gasteiger partial charge in [-0.1, -0.05) is 18.2 Å². The van der Waals surface area contributed by atoms with E-state index in [0.717, 1.165) is 27.9 Å². The summed E-state index contributed by atoms with van der Waals surface area (Å²) in [5.74, 6) is -0.315. The van der Waals surface area contributed by atoms with Gasteiger partial charge in [0.05, 0.1) is 18.3 Å². The second-order valence-electron chi connectivity index (χ2n) is 6.83. The number of ether oxygens (including phenoxy) is 1. The lowest BCUT2D eigenvalue weighted by Gasteiger charge is -2.28. The molecule has 0 N–H and O–H groups in total. The van der Waals surface area contributed by atoms with E-state index < -0.39 is 27.4 Å². The summed E-state index contributed by atoms with van der Waals surface area (Å²) in [4.78, 5) is 25.2. The Morgan fingerprint density at radius 1 is 1.31 bits per heavy atom. The molecule has 154 valence electrons. The summed E-state index contributed by atoms with van der Waals surface area (Å²) in [7, 11) is -2.60. The van der Waals surface area contributed by atoms with Crippen molar-refractivity contribution in [1.82, 2.24) is 0 Å². The maximum absolute atomic E-state index is 13.1. The average molecular weight is 419 g/mol. The predicted octanol–water partition coefficient (Wildman–Crippen LogP) is 2.35. The summed E-state index contributed by atoms with van der Waals surface area (Å²) in [6.07, 6.45) is 1.61. The first-order valence-electron chi connectivity index (χ1n) is 8.83. The normalized spacial score (nSPS) is 15.7. The molecule has 0 saturated heterocycles. The maximum Gasteiger partial charge on any atom is 0.271 e. The van der Waals surface area contributed by atoms with Crippen LogP contribution >= 0.6 is 0 Å². The molecule has 1 atom stereocenters. The zero-order chi connectivity index (χ0) is 21.3. The minimum Gasteiger partial charge on any atom is -0.495 e. The fourth-order valence-corrected chi connectivity index (χ4v) is 4.36. The number of sulfonamides is 1. The molecule has 0 fully saturated rings. The molecule has 1 amide bonds. The number of hydrogen-bond acceptors (Lipinski definition) is 6. The topological polar surface area (TPSA) is 110 Å². The summed E-state index contributed by atoms with van der Waals surface area (Å²) in [6.45, 7) is 1.38. The van der Waals surface area contributed by atoms with E-state index in [9.17, 15) is 23.3 Å². The van der Waals surface area contributed by atoms with Gasteiger partial charge in [-0.3, -0.25) is 19.2 Å². The Morgan fingerprint density at radius 3 is 2.62 bits per heavy atom. The smallest absolute Gasteiger partial charge is 0.271 e. The Bertz CT molecular complexity index is 1070. The van der Waals surface area contributed by atoms with Gasteiger partial charge in [-0.2, -0.15) is 0 Å². The average Bonchev–Trinajstić information content (AvgIpc) is 3.00. The first kappa shape index (κ1) is 20.6. The molecular formula is C19H21N3O6S. The van der Waals surface area contributed by atoms with Crippen LogP contribution in [-0.2, 0) is 21.2 Å². The van der Waals surface area contributed by atoms with Crippen molar-refractivity contribution >= 4 is 33.0 Å². The number of para-hydroxylation sites is 1. The Morgan fingerprint density at radius 2 is 2.00 bits per heavy atom. The van der Waals surface area contributed by atoms with Gasteiger partial charge < -0.3 is 9.64 Å². The largest absolute Gasteiger partial charge is 0.495 e. The van der Waals surface area contributed by atoms with Crippen molar-refractivity contribution < 1.29 is 22.9 Å². The Hall–Kier alpha value is -3.14. The molecular weight excluding hydrogens is 398 g/mol. The van der Waals surface area contributed by atoms with E-state index in [1.165, 1.54) is 19.2 Å². The van der Waals surface area contributed by atoms with Crippen LogP contribution in [0.15, 0.2) is 42.5 Å². The molecule has 3 rings (SSSR count). The molecule has 0 spiro atoms. The lowest BCUT2D eigenvalue weighted by molar-refractivity contribution is -0.384. The number of methoxy groups -OCH3 is 1.